The van der Waals surface area contributed by atoms with E-state index in [1.165, 1.54) is 29.7 Å². The monoisotopic (exact) mass is 615 g/mol. The van der Waals surface area contributed by atoms with Gasteiger partial charge in [-0.2, -0.15) is 0 Å². The van der Waals surface area contributed by atoms with Crippen molar-refractivity contribution in [1.29, 1.82) is 0 Å². The minimum Gasteiger partial charge on any atom is -0.493 e. The van der Waals surface area contributed by atoms with Gasteiger partial charge in [-0.05, 0) is 55.0 Å². The average Bonchev–Trinajstić information content (AvgIpc) is 3.55. The van der Waals surface area contributed by atoms with Crippen LogP contribution in [0.3, 0.4) is 0 Å². The molecule has 5 aromatic rings. The number of morpholine rings is 1. The first-order valence-electron chi connectivity index (χ1n) is 14.1. The number of carbonyl (C=O) groups excluding carboxylic acids is 1. The van der Waals surface area contributed by atoms with Crippen LogP contribution in [-0.4, -0.2) is 72.3 Å². The maximum Gasteiger partial charge on any atom is 0.276 e. The second kappa shape index (κ2) is 13.8. The molecule has 44 heavy (non-hydrogen) atoms. The molecule has 1 amide bonds. The SMILES string of the molecule is COc1cc2c(Oc3ccc(NC(=O)c4csc(-c5ccc(F)cc5)n4)nc3)ccnc2cc1OCCCN1CCOCC1. The lowest BCUT2D eigenvalue weighted by molar-refractivity contribution is 0.0357. The Labute approximate surface area is 257 Å². The van der Waals surface area contributed by atoms with Crippen molar-refractivity contribution in [3.8, 4) is 33.6 Å². The molecular weight excluding hydrogens is 585 g/mol. The van der Waals surface area contributed by atoms with Crippen LogP contribution in [0.2, 0.25) is 0 Å². The summed E-state index contributed by atoms with van der Waals surface area (Å²) in [6, 6.07) is 14.8. The first-order valence-corrected chi connectivity index (χ1v) is 15.0. The van der Waals surface area contributed by atoms with Crippen LogP contribution in [0.15, 0.2) is 72.4 Å². The number of halogens is 1. The van der Waals surface area contributed by atoms with Crippen molar-refractivity contribution in [1.82, 2.24) is 19.9 Å². The minimum absolute atomic E-state index is 0.245. The number of nitrogens with zero attached hydrogens (tertiary/aromatic N) is 4. The zero-order chi connectivity index (χ0) is 30.3. The van der Waals surface area contributed by atoms with Crippen molar-refractivity contribution in [2.45, 2.75) is 6.42 Å². The van der Waals surface area contributed by atoms with Gasteiger partial charge < -0.3 is 24.3 Å². The summed E-state index contributed by atoms with van der Waals surface area (Å²) in [6.07, 6.45) is 4.08. The van der Waals surface area contributed by atoms with Crippen molar-refractivity contribution in [3.63, 3.8) is 0 Å². The molecule has 12 heteroatoms. The molecule has 1 saturated heterocycles. The predicted octanol–water partition coefficient (Wildman–Crippen LogP) is 6.05. The van der Waals surface area contributed by atoms with Crippen LogP contribution < -0.4 is 19.5 Å². The van der Waals surface area contributed by atoms with Crippen LogP contribution in [0, 0.1) is 5.82 Å². The van der Waals surface area contributed by atoms with Gasteiger partial charge in [-0.15, -0.1) is 11.3 Å². The van der Waals surface area contributed by atoms with Crippen molar-refractivity contribution < 1.29 is 28.1 Å². The summed E-state index contributed by atoms with van der Waals surface area (Å²) >= 11 is 1.30. The molecule has 3 aromatic heterocycles. The average molecular weight is 616 g/mol. The molecule has 6 rings (SSSR count). The van der Waals surface area contributed by atoms with Crippen LogP contribution in [0.25, 0.3) is 21.5 Å². The van der Waals surface area contributed by atoms with Gasteiger partial charge in [-0.1, -0.05) is 0 Å². The minimum atomic E-state index is -0.401. The van der Waals surface area contributed by atoms with E-state index < -0.39 is 5.91 Å². The van der Waals surface area contributed by atoms with Gasteiger partial charge in [0.2, 0.25) is 0 Å². The number of anilines is 1. The maximum atomic E-state index is 13.2. The van der Waals surface area contributed by atoms with Gasteiger partial charge in [0.15, 0.2) is 11.5 Å². The Kier molecular flexibility index (Phi) is 9.20. The number of nitrogens with one attached hydrogen (secondary N) is 1. The van der Waals surface area contributed by atoms with E-state index in [9.17, 15) is 9.18 Å². The third-order valence-corrected chi connectivity index (χ3v) is 7.89. The van der Waals surface area contributed by atoms with Gasteiger partial charge in [-0.25, -0.2) is 14.4 Å². The fourth-order valence-corrected chi connectivity index (χ4v) is 5.52. The highest BCUT2D eigenvalue weighted by molar-refractivity contribution is 7.13. The largest absolute Gasteiger partial charge is 0.493 e. The summed E-state index contributed by atoms with van der Waals surface area (Å²) in [5, 5.41) is 5.77. The highest BCUT2D eigenvalue weighted by atomic mass is 32.1. The first-order chi connectivity index (χ1) is 21.6. The first kappa shape index (κ1) is 29.4. The van der Waals surface area contributed by atoms with E-state index in [0.717, 1.165) is 50.2 Å². The van der Waals surface area contributed by atoms with E-state index in [0.29, 0.717) is 45.9 Å². The fraction of sp³-hybridized carbons (Fsp3) is 0.250. The molecule has 0 spiro atoms. The lowest BCUT2D eigenvalue weighted by Gasteiger charge is -2.26. The van der Waals surface area contributed by atoms with Gasteiger partial charge in [0.25, 0.3) is 5.91 Å². The molecular formula is C32H30FN5O5S. The number of thiazole rings is 1. The number of methoxy groups -OCH3 is 1. The Morgan fingerprint density at radius 1 is 1.05 bits per heavy atom. The van der Waals surface area contributed by atoms with Crippen LogP contribution in [0.1, 0.15) is 16.9 Å². The Balaban J connectivity index is 1.08. The number of benzene rings is 2. The van der Waals surface area contributed by atoms with E-state index in [2.05, 4.69) is 25.2 Å². The highest BCUT2D eigenvalue weighted by Gasteiger charge is 2.15. The topological polar surface area (TPSA) is 108 Å². The van der Waals surface area contributed by atoms with Crippen LogP contribution >= 0.6 is 11.3 Å². The Morgan fingerprint density at radius 3 is 2.66 bits per heavy atom. The van der Waals surface area contributed by atoms with Gasteiger partial charge in [-0.3, -0.25) is 14.7 Å². The van der Waals surface area contributed by atoms with Gasteiger partial charge >= 0.3 is 0 Å². The summed E-state index contributed by atoms with van der Waals surface area (Å²) in [4.78, 5) is 28.3. The Morgan fingerprint density at radius 2 is 1.89 bits per heavy atom. The van der Waals surface area contributed by atoms with Crippen LogP contribution in [-0.2, 0) is 4.74 Å². The second-order valence-electron chi connectivity index (χ2n) is 9.97. The number of ether oxygens (including phenoxy) is 4. The maximum absolute atomic E-state index is 13.2. The number of fused-ring (bicyclic) bond motifs is 1. The molecule has 1 fully saturated rings. The number of hydrogen-bond acceptors (Lipinski definition) is 10. The summed E-state index contributed by atoms with van der Waals surface area (Å²) in [5.74, 6) is 1.87. The summed E-state index contributed by atoms with van der Waals surface area (Å²) in [6.45, 7) is 4.97. The second-order valence-corrected chi connectivity index (χ2v) is 10.8. The molecule has 0 aliphatic carbocycles. The van der Waals surface area contributed by atoms with E-state index in [-0.39, 0.29) is 11.5 Å². The summed E-state index contributed by atoms with van der Waals surface area (Å²) in [5.41, 5.74) is 1.68. The molecule has 226 valence electrons. The smallest absolute Gasteiger partial charge is 0.276 e. The van der Waals surface area contributed by atoms with Gasteiger partial charge in [0, 0.05) is 48.2 Å². The van der Waals surface area contributed by atoms with E-state index in [4.69, 9.17) is 18.9 Å². The lowest BCUT2D eigenvalue weighted by atomic mass is 10.2. The molecule has 0 saturated carbocycles. The van der Waals surface area contributed by atoms with E-state index in [1.54, 1.807) is 49.0 Å². The highest BCUT2D eigenvalue weighted by Crippen LogP contribution is 2.37. The Hall–Kier alpha value is -4.65. The van der Waals surface area contributed by atoms with Gasteiger partial charge in [0.1, 0.15) is 33.8 Å². The predicted molar refractivity (Wildman–Crippen MR) is 165 cm³/mol. The number of pyridine rings is 2. The summed E-state index contributed by atoms with van der Waals surface area (Å²) in [7, 11) is 1.60. The third kappa shape index (κ3) is 7.10. The van der Waals surface area contributed by atoms with Gasteiger partial charge in [0.05, 0.1) is 38.6 Å². The Bertz CT molecular complexity index is 1730. The normalized spacial score (nSPS) is 13.5. The third-order valence-electron chi connectivity index (χ3n) is 7.00. The summed E-state index contributed by atoms with van der Waals surface area (Å²) < 4.78 is 36.5. The van der Waals surface area contributed by atoms with E-state index in [1.807, 2.05) is 12.1 Å². The van der Waals surface area contributed by atoms with Crippen molar-refractivity contribution in [2.24, 2.45) is 0 Å². The molecule has 0 radical (unpaired) electrons. The number of hydrogen-bond donors (Lipinski definition) is 1. The van der Waals surface area contributed by atoms with E-state index >= 15 is 0 Å². The number of carbonyl (C=O) groups is 1. The van der Waals surface area contributed by atoms with Crippen molar-refractivity contribution >= 4 is 34.0 Å². The lowest BCUT2D eigenvalue weighted by Crippen LogP contribution is -2.37. The molecule has 0 atom stereocenters. The number of rotatable bonds is 11. The fourth-order valence-electron chi connectivity index (χ4n) is 4.71. The molecule has 1 aliphatic rings. The zero-order valence-corrected chi connectivity index (χ0v) is 24.8. The molecule has 1 N–H and O–H groups in total. The molecule has 10 nitrogen and oxygen atoms in total. The number of amides is 1. The van der Waals surface area contributed by atoms with Crippen LogP contribution in [0.5, 0.6) is 23.0 Å². The molecule has 1 aliphatic heterocycles. The quantitative estimate of drug-likeness (QED) is 0.178. The van der Waals surface area contributed by atoms with Crippen molar-refractivity contribution in [2.75, 3.05) is 51.9 Å². The zero-order valence-electron chi connectivity index (χ0n) is 24.0. The standard InChI is InChI=1S/C32H30FN5O5S/c1-40-28-17-24-25(18-29(28)42-14-2-11-38-12-15-41-16-13-38)34-10-9-27(24)43-23-7-8-30(35-19-23)37-31(39)26-20-44-32(36-26)21-3-5-22(33)6-4-21/h3-10,17-20H,2,11-16H2,1H3,(H,35,37,39). The van der Waals surface area contributed by atoms with Crippen molar-refractivity contribution in [3.05, 3.63) is 83.9 Å². The van der Waals surface area contributed by atoms with Crippen LogP contribution in [0.4, 0.5) is 10.2 Å². The number of aromatic nitrogens is 3. The molecule has 0 bridgehead atoms. The molecule has 0 unspecified atom stereocenters. The molecule has 2 aromatic carbocycles. The molecule has 4 heterocycles.